The van der Waals surface area contributed by atoms with Crippen molar-refractivity contribution in [3.8, 4) is 21.6 Å². The molecule has 0 aliphatic carbocycles. The maximum atomic E-state index is 4.67. The van der Waals surface area contributed by atoms with Crippen LogP contribution in [0.25, 0.3) is 21.6 Å². The molecule has 2 aromatic heterocycles. The van der Waals surface area contributed by atoms with Gasteiger partial charge in [0.1, 0.15) is 0 Å². The van der Waals surface area contributed by atoms with Crippen LogP contribution in [-0.4, -0.2) is 9.97 Å². The molecule has 0 aliphatic rings. The van der Waals surface area contributed by atoms with Crippen LogP contribution in [-0.2, 0) is 0 Å². The van der Waals surface area contributed by atoms with Crippen LogP contribution in [0.4, 0.5) is 0 Å². The fraction of sp³-hybridized carbons (Fsp3) is 0.222. The third kappa shape index (κ3) is 2.88. The quantitative estimate of drug-likeness (QED) is 0.645. The number of thiazole rings is 1. The fourth-order valence-corrected chi connectivity index (χ4v) is 3.00. The Balaban J connectivity index is 2.17. The van der Waals surface area contributed by atoms with Crippen LogP contribution in [0.3, 0.4) is 0 Å². The molecule has 3 heteroatoms. The molecule has 106 valence electrons. The Morgan fingerprint density at radius 2 is 1.90 bits per heavy atom. The second-order valence-corrected chi connectivity index (χ2v) is 6.08. The summed E-state index contributed by atoms with van der Waals surface area (Å²) in [7, 11) is 0. The lowest BCUT2D eigenvalue weighted by atomic mass is 9.96. The van der Waals surface area contributed by atoms with E-state index in [-0.39, 0.29) is 0 Å². The zero-order valence-corrected chi connectivity index (χ0v) is 13.1. The lowest BCUT2D eigenvalue weighted by Crippen LogP contribution is -1.97. The summed E-state index contributed by atoms with van der Waals surface area (Å²) in [5.41, 5.74) is 6.66. The lowest BCUT2D eigenvalue weighted by Gasteiger charge is -2.13. The smallest absolute Gasteiger partial charge is 0.0797 e. The van der Waals surface area contributed by atoms with Gasteiger partial charge in [0.25, 0.3) is 0 Å². The van der Waals surface area contributed by atoms with Crippen molar-refractivity contribution in [3.63, 3.8) is 0 Å². The van der Waals surface area contributed by atoms with Gasteiger partial charge in [0.2, 0.25) is 0 Å². The van der Waals surface area contributed by atoms with Gasteiger partial charge in [-0.15, -0.1) is 11.3 Å². The molecule has 0 aliphatic heterocycles. The Hall–Kier alpha value is -2.00. The fourth-order valence-electron chi connectivity index (χ4n) is 2.35. The largest absolute Gasteiger partial charge is 0.260 e. The molecule has 0 bridgehead atoms. The van der Waals surface area contributed by atoms with Crippen molar-refractivity contribution in [2.45, 2.75) is 26.2 Å². The van der Waals surface area contributed by atoms with Crippen LogP contribution >= 0.6 is 11.3 Å². The van der Waals surface area contributed by atoms with E-state index in [0.717, 1.165) is 22.6 Å². The van der Waals surface area contributed by atoms with E-state index in [1.165, 1.54) is 11.1 Å². The number of rotatable bonds is 4. The molecule has 0 radical (unpaired) electrons. The van der Waals surface area contributed by atoms with Gasteiger partial charge in [-0.3, -0.25) is 9.97 Å². The van der Waals surface area contributed by atoms with Gasteiger partial charge in [-0.05, 0) is 29.5 Å². The Bertz CT molecular complexity index is 705. The topological polar surface area (TPSA) is 25.8 Å². The molecule has 1 aromatic carbocycles. The molecule has 2 nitrogen and oxygen atoms in total. The van der Waals surface area contributed by atoms with Crippen LogP contribution in [0, 0.1) is 0 Å². The highest BCUT2D eigenvalue weighted by atomic mass is 32.1. The van der Waals surface area contributed by atoms with Crippen LogP contribution < -0.4 is 0 Å². The SMILES string of the molecule is CCC(C)c1cc(-c2ccccc2)c(-c2cncs2)cn1. The third-order valence-corrected chi connectivity index (χ3v) is 4.63. The van der Waals surface area contributed by atoms with Crippen molar-refractivity contribution in [1.29, 1.82) is 0 Å². The standard InChI is InChI=1S/C18H18N2S/c1-3-13(2)17-9-15(14-7-5-4-6-8-14)16(10-20-17)18-11-19-12-21-18/h4-13H,3H2,1-2H3. The Labute approximate surface area is 129 Å². The lowest BCUT2D eigenvalue weighted by molar-refractivity contribution is 0.709. The summed E-state index contributed by atoms with van der Waals surface area (Å²) in [6.07, 6.45) is 5.01. The first kappa shape index (κ1) is 14.0. The third-order valence-electron chi connectivity index (χ3n) is 3.82. The maximum Gasteiger partial charge on any atom is 0.0797 e. The minimum absolute atomic E-state index is 0.475. The van der Waals surface area contributed by atoms with Gasteiger partial charge in [-0.25, -0.2) is 0 Å². The first-order valence-electron chi connectivity index (χ1n) is 7.23. The molecule has 3 aromatic rings. The van der Waals surface area contributed by atoms with Crippen molar-refractivity contribution in [3.05, 3.63) is 60.0 Å². The number of nitrogens with zero attached hydrogens (tertiary/aromatic N) is 2. The summed E-state index contributed by atoms with van der Waals surface area (Å²) < 4.78 is 0. The van der Waals surface area contributed by atoms with Crippen molar-refractivity contribution in [2.24, 2.45) is 0 Å². The highest BCUT2D eigenvalue weighted by Gasteiger charge is 2.13. The highest BCUT2D eigenvalue weighted by Crippen LogP contribution is 2.35. The molecule has 1 atom stereocenters. The first-order chi connectivity index (χ1) is 10.3. The van der Waals surface area contributed by atoms with E-state index in [0.29, 0.717) is 5.92 Å². The number of aromatic nitrogens is 2. The summed E-state index contributed by atoms with van der Waals surface area (Å²) in [6.45, 7) is 4.43. The van der Waals surface area contributed by atoms with Gasteiger partial charge >= 0.3 is 0 Å². The van der Waals surface area contributed by atoms with Gasteiger partial charge in [0, 0.05) is 23.7 Å². The number of hydrogen-bond donors (Lipinski definition) is 0. The van der Waals surface area contributed by atoms with E-state index in [4.69, 9.17) is 0 Å². The molecule has 3 rings (SSSR count). The predicted molar refractivity (Wildman–Crippen MR) is 89.5 cm³/mol. The van der Waals surface area contributed by atoms with E-state index in [1.54, 1.807) is 11.3 Å². The highest BCUT2D eigenvalue weighted by molar-refractivity contribution is 7.13. The average Bonchev–Trinajstić information content (AvgIpc) is 3.08. The molecule has 0 saturated heterocycles. The molecule has 2 heterocycles. The summed E-state index contributed by atoms with van der Waals surface area (Å²) in [5, 5.41) is 0. The van der Waals surface area contributed by atoms with Crippen molar-refractivity contribution < 1.29 is 0 Å². The first-order valence-corrected chi connectivity index (χ1v) is 8.11. The molecule has 0 saturated carbocycles. The van der Waals surface area contributed by atoms with E-state index >= 15 is 0 Å². The zero-order valence-electron chi connectivity index (χ0n) is 12.3. The molecule has 21 heavy (non-hydrogen) atoms. The number of pyridine rings is 1. The monoisotopic (exact) mass is 294 g/mol. The van der Waals surface area contributed by atoms with Crippen molar-refractivity contribution in [2.75, 3.05) is 0 Å². The van der Waals surface area contributed by atoms with Gasteiger partial charge in [0.15, 0.2) is 0 Å². The van der Waals surface area contributed by atoms with Gasteiger partial charge in [-0.2, -0.15) is 0 Å². The van der Waals surface area contributed by atoms with Crippen LogP contribution in [0.1, 0.15) is 31.9 Å². The Morgan fingerprint density at radius 3 is 2.57 bits per heavy atom. The maximum absolute atomic E-state index is 4.67. The summed E-state index contributed by atoms with van der Waals surface area (Å²) in [5.74, 6) is 0.475. The molecule has 0 fully saturated rings. The molecular weight excluding hydrogens is 276 g/mol. The zero-order chi connectivity index (χ0) is 14.7. The van der Waals surface area contributed by atoms with Crippen LogP contribution in [0.15, 0.2) is 54.3 Å². The van der Waals surface area contributed by atoms with Gasteiger partial charge < -0.3 is 0 Å². The van der Waals surface area contributed by atoms with Crippen molar-refractivity contribution >= 4 is 11.3 Å². The van der Waals surface area contributed by atoms with Crippen molar-refractivity contribution in [1.82, 2.24) is 9.97 Å². The minimum Gasteiger partial charge on any atom is -0.260 e. The molecule has 0 amide bonds. The van der Waals surface area contributed by atoms with E-state index < -0.39 is 0 Å². The number of benzene rings is 1. The average molecular weight is 294 g/mol. The Morgan fingerprint density at radius 1 is 1.10 bits per heavy atom. The number of hydrogen-bond acceptors (Lipinski definition) is 3. The normalized spacial score (nSPS) is 12.3. The molecular formula is C18H18N2S. The minimum atomic E-state index is 0.475. The predicted octanol–water partition coefficient (Wildman–Crippen LogP) is 5.39. The molecule has 0 spiro atoms. The van der Waals surface area contributed by atoms with Gasteiger partial charge in [-0.1, -0.05) is 44.2 Å². The summed E-state index contributed by atoms with van der Waals surface area (Å²) >= 11 is 1.65. The Kier molecular flexibility index (Phi) is 4.11. The van der Waals surface area contributed by atoms with Gasteiger partial charge in [0.05, 0.1) is 10.4 Å². The summed E-state index contributed by atoms with van der Waals surface area (Å²) in [6, 6.07) is 12.7. The molecule has 0 N–H and O–H groups in total. The van der Waals surface area contributed by atoms with E-state index in [1.807, 2.05) is 24.0 Å². The second-order valence-electron chi connectivity index (χ2n) is 5.20. The van der Waals surface area contributed by atoms with Crippen LogP contribution in [0.5, 0.6) is 0 Å². The molecule has 1 unspecified atom stereocenters. The van der Waals surface area contributed by atoms with E-state index in [2.05, 4.69) is 54.1 Å². The van der Waals surface area contributed by atoms with Crippen LogP contribution in [0.2, 0.25) is 0 Å². The second kappa shape index (κ2) is 6.19. The van der Waals surface area contributed by atoms with E-state index in [9.17, 15) is 0 Å². The summed E-state index contributed by atoms with van der Waals surface area (Å²) in [4.78, 5) is 10.0.